The van der Waals surface area contributed by atoms with Gasteiger partial charge >= 0.3 is 5.97 Å². The number of hydrogen-bond acceptors (Lipinski definition) is 7. The Kier molecular flexibility index (Phi) is 11.7. The number of carboxylic acids is 1. The summed E-state index contributed by atoms with van der Waals surface area (Å²) < 4.78 is 0. The second-order valence-corrected chi connectivity index (χ2v) is 8.19. The van der Waals surface area contributed by atoms with Crippen LogP contribution in [0.3, 0.4) is 0 Å². The van der Waals surface area contributed by atoms with Crippen molar-refractivity contribution >= 4 is 41.4 Å². The van der Waals surface area contributed by atoms with Crippen molar-refractivity contribution in [3.05, 3.63) is 0 Å². The average molecular weight is 460 g/mol. The van der Waals surface area contributed by atoms with Crippen molar-refractivity contribution in [2.24, 2.45) is 22.2 Å². The number of carbonyl (C=O) groups excluding carboxylic acids is 3. The summed E-state index contributed by atoms with van der Waals surface area (Å²) >= 11 is 1.56. The number of aliphatic imine (C=N–C) groups is 1. The number of likely N-dealkylation sites (tertiary alicyclic amines) is 1. The van der Waals surface area contributed by atoms with Crippen LogP contribution in [0.15, 0.2) is 4.99 Å². The van der Waals surface area contributed by atoms with Crippen LogP contribution in [0.2, 0.25) is 0 Å². The number of guanidine groups is 1. The second-order valence-electron chi connectivity index (χ2n) is 7.20. The van der Waals surface area contributed by atoms with Crippen LogP contribution < -0.4 is 27.8 Å². The fourth-order valence-corrected chi connectivity index (χ4v) is 3.66. The summed E-state index contributed by atoms with van der Waals surface area (Å²) in [5, 5.41) is 14.4. The molecule has 13 heteroatoms. The molecular weight excluding hydrogens is 426 g/mol. The van der Waals surface area contributed by atoms with Crippen LogP contribution >= 0.6 is 11.8 Å². The maximum absolute atomic E-state index is 12.9. The van der Waals surface area contributed by atoms with E-state index in [4.69, 9.17) is 17.2 Å². The number of carboxylic acid groups (broad SMARTS) is 1. The summed E-state index contributed by atoms with van der Waals surface area (Å²) in [6.07, 6.45) is 3.92. The molecule has 1 rings (SSSR count). The molecule has 176 valence electrons. The van der Waals surface area contributed by atoms with E-state index in [1.54, 1.807) is 11.8 Å². The highest BCUT2D eigenvalue weighted by Gasteiger charge is 2.37. The number of carbonyl (C=O) groups is 4. The lowest BCUT2D eigenvalue weighted by atomic mass is 10.1. The predicted molar refractivity (Wildman–Crippen MR) is 118 cm³/mol. The Balaban J connectivity index is 2.71. The third-order valence-corrected chi connectivity index (χ3v) is 5.44. The SMILES string of the molecule is CSCCC(N)C(=O)NCC(=O)NC(CCCN=C(N)N)C(=O)N1CCCC1C(=O)O. The van der Waals surface area contributed by atoms with E-state index in [1.807, 2.05) is 6.26 Å². The van der Waals surface area contributed by atoms with Gasteiger partial charge in [0.1, 0.15) is 12.1 Å². The van der Waals surface area contributed by atoms with Crippen molar-refractivity contribution in [3.8, 4) is 0 Å². The molecule has 0 aromatic carbocycles. The van der Waals surface area contributed by atoms with Crippen LogP contribution in [0, 0.1) is 0 Å². The largest absolute Gasteiger partial charge is 0.480 e. The number of thioether (sulfide) groups is 1. The monoisotopic (exact) mass is 459 g/mol. The highest BCUT2D eigenvalue weighted by Crippen LogP contribution is 2.19. The molecule has 0 radical (unpaired) electrons. The van der Waals surface area contributed by atoms with Gasteiger partial charge in [-0.1, -0.05) is 0 Å². The van der Waals surface area contributed by atoms with Gasteiger partial charge in [-0.25, -0.2) is 4.79 Å². The zero-order chi connectivity index (χ0) is 23.4. The minimum atomic E-state index is -1.08. The lowest BCUT2D eigenvalue weighted by Gasteiger charge is -2.27. The first-order valence-corrected chi connectivity index (χ1v) is 11.5. The minimum absolute atomic E-state index is 0.0853. The van der Waals surface area contributed by atoms with Crippen molar-refractivity contribution in [2.45, 2.75) is 50.2 Å². The molecule has 1 saturated heterocycles. The number of hydrogen-bond donors (Lipinski definition) is 6. The van der Waals surface area contributed by atoms with Gasteiger partial charge in [0, 0.05) is 13.1 Å². The highest BCUT2D eigenvalue weighted by molar-refractivity contribution is 7.98. The van der Waals surface area contributed by atoms with Gasteiger partial charge in [0.05, 0.1) is 12.6 Å². The van der Waals surface area contributed by atoms with Gasteiger partial charge in [-0.05, 0) is 44.1 Å². The molecule has 3 amide bonds. The Morgan fingerprint density at radius 2 is 1.97 bits per heavy atom. The van der Waals surface area contributed by atoms with Crippen LogP contribution in [0.1, 0.15) is 32.1 Å². The van der Waals surface area contributed by atoms with E-state index in [9.17, 15) is 24.3 Å². The lowest BCUT2D eigenvalue weighted by molar-refractivity contribution is -0.149. The average Bonchev–Trinajstić information content (AvgIpc) is 3.21. The summed E-state index contributed by atoms with van der Waals surface area (Å²) in [6.45, 7) is 0.217. The quantitative estimate of drug-likeness (QED) is 0.100. The first-order valence-electron chi connectivity index (χ1n) is 10.1. The molecule has 1 fully saturated rings. The molecule has 0 saturated carbocycles. The number of nitrogens with one attached hydrogen (secondary N) is 2. The number of nitrogens with two attached hydrogens (primary N) is 3. The molecule has 1 heterocycles. The van der Waals surface area contributed by atoms with Gasteiger partial charge in [-0.3, -0.25) is 19.4 Å². The first-order chi connectivity index (χ1) is 14.7. The zero-order valence-corrected chi connectivity index (χ0v) is 18.5. The van der Waals surface area contributed by atoms with Crippen molar-refractivity contribution in [2.75, 3.05) is 31.6 Å². The van der Waals surface area contributed by atoms with Crippen molar-refractivity contribution in [1.29, 1.82) is 0 Å². The van der Waals surface area contributed by atoms with Crippen LogP contribution in [0.4, 0.5) is 0 Å². The molecule has 9 N–H and O–H groups in total. The molecule has 1 aliphatic heterocycles. The number of rotatable bonds is 13. The first kappa shape index (κ1) is 26.5. The van der Waals surface area contributed by atoms with Crippen molar-refractivity contribution in [3.63, 3.8) is 0 Å². The predicted octanol–water partition coefficient (Wildman–Crippen LogP) is -2.20. The van der Waals surface area contributed by atoms with Gasteiger partial charge < -0.3 is 37.8 Å². The van der Waals surface area contributed by atoms with E-state index in [2.05, 4.69) is 15.6 Å². The smallest absolute Gasteiger partial charge is 0.326 e. The molecule has 0 bridgehead atoms. The van der Waals surface area contributed by atoms with Crippen LogP contribution in [0.5, 0.6) is 0 Å². The molecule has 31 heavy (non-hydrogen) atoms. The van der Waals surface area contributed by atoms with Gasteiger partial charge in [-0.15, -0.1) is 0 Å². The van der Waals surface area contributed by atoms with Crippen molar-refractivity contribution < 1.29 is 24.3 Å². The van der Waals surface area contributed by atoms with Crippen LogP contribution in [-0.4, -0.2) is 89.4 Å². The Morgan fingerprint density at radius 3 is 2.58 bits per heavy atom. The second kappa shape index (κ2) is 13.7. The minimum Gasteiger partial charge on any atom is -0.480 e. The fraction of sp³-hybridized carbons (Fsp3) is 0.722. The zero-order valence-electron chi connectivity index (χ0n) is 17.7. The molecule has 0 aliphatic carbocycles. The van der Waals surface area contributed by atoms with Crippen molar-refractivity contribution in [1.82, 2.24) is 15.5 Å². The Labute approximate surface area is 185 Å². The number of amides is 3. The van der Waals surface area contributed by atoms with Gasteiger partial charge in [0.2, 0.25) is 17.7 Å². The summed E-state index contributed by atoms with van der Waals surface area (Å²) in [5.41, 5.74) is 16.3. The van der Waals surface area contributed by atoms with E-state index in [0.29, 0.717) is 38.0 Å². The molecule has 0 aromatic heterocycles. The Morgan fingerprint density at radius 1 is 1.26 bits per heavy atom. The summed E-state index contributed by atoms with van der Waals surface area (Å²) in [6, 6.07) is -2.60. The maximum atomic E-state index is 12.9. The molecular formula is C18H33N7O5S. The topological polar surface area (TPSA) is 206 Å². The molecule has 1 aliphatic rings. The molecule has 3 unspecified atom stereocenters. The van der Waals surface area contributed by atoms with E-state index in [-0.39, 0.29) is 25.5 Å². The Hall–Kier alpha value is -2.54. The summed E-state index contributed by atoms with van der Waals surface area (Å²) in [7, 11) is 0. The van der Waals surface area contributed by atoms with E-state index < -0.39 is 41.8 Å². The van der Waals surface area contributed by atoms with Gasteiger partial charge in [0.25, 0.3) is 0 Å². The molecule has 12 nitrogen and oxygen atoms in total. The Bertz CT molecular complexity index is 672. The molecule has 0 aromatic rings. The van der Waals surface area contributed by atoms with E-state index >= 15 is 0 Å². The lowest BCUT2D eigenvalue weighted by Crippen LogP contribution is -2.53. The maximum Gasteiger partial charge on any atom is 0.326 e. The van der Waals surface area contributed by atoms with E-state index in [0.717, 1.165) is 0 Å². The third kappa shape index (κ3) is 9.42. The van der Waals surface area contributed by atoms with E-state index in [1.165, 1.54) is 4.90 Å². The van der Waals surface area contributed by atoms with Gasteiger partial charge in [-0.2, -0.15) is 11.8 Å². The molecule has 3 atom stereocenters. The highest BCUT2D eigenvalue weighted by atomic mass is 32.2. The fourth-order valence-electron chi connectivity index (χ4n) is 3.17. The number of aliphatic carboxylic acids is 1. The normalized spacial score (nSPS) is 17.5. The third-order valence-electron chi connectivity index (χ3n) is 4.79. The standard InChI is InChI=1S/C18H33N7O5S/c1-31-9-6-11(19)15(27)23-10-14(26)24-12(4-2-7-22-18(20)21)16(28)25-8-3-5-13(25)17(29)30/h11-13H,2-10,19H2,1H3,(H,23,27)(H,24,26)(H,29,30)(H4,20,21,22). The van der Waals surface area contributed by atoms with Gasteiger partial charge in [0.15, 0.2) is 5.96 Å². The molecule has 0 spiro atoms. The van der Waals surface area contributed by atoms with Crippen LogP contribution in [0.25, 0.3) is 0 Å². The number of nitrogens with zero attached hydrogens (tertiary/aromatic N) is 2. The van der Waals surface area contributed by atoms with Crippen LogP contribution in [-0.2, 0) is 19.2 Å². The summed E-state index contributed by atoms with van der Waals surface area (Å²) in [4.78, 5) is 53.8. The summed E-state index contributed by atoms with van der Waals surface area (Å²) in [5.74, 6) is -1.96.